The molecule has 3 fully saturated rings. The van der Waals surface area contributed by atoms with E-state index in [0.717, 1.165) is 125 Å². The summed E-state index contributed by atoms with van der Waals surface area (Å²) in [5.74, 6) is 5.34. The summed E-state index contributed by atoms with van der Waals surface area (Å²) < 4.78 is 24.9. The first-order valence-corrected chi connectivity index (χ1v) is 36.1. The summed E-state index contributed by atoms with van der Waals surface area (Å²) in [5, 5.41) is 29.3. The molecule has 3 amide bonds. The maximum absolute atomic E-state index is 11.5. The Morgan fingerprint density at radius 3 is 1.07 bits per heavy atom. The van der Waals surface area contributed by atoms with Gasteiger partial charge in [0.2, 0.25) is 23.7 Å². The highest BCUT2D eigenvalue weighted by Crippen LogP contribution is 2.39. The van der Waals surface area contributed by atoms with Crippen LogP contribution in [0.1, 0.15) is 58.7 Å². The maximum Gasteiger partial charge on any atom is 0.277 e. The first-order chi connectivity index (χ1) is 52.1. The summed E-state index contributed by atoms with van der Waals surface area (Å²) in [6.45, 7) is 12.3. The molecule has 12 aromatic rings. The van der Waals surface area contributed by atoms with Gasteiger partial charge in [-0.2, -0.15) is 0 Å². The third-order valence-corrected chi connectivity index (χ3v) is 20.5. The topological polar surface area (TPSA) is 397 Å². The molecular formula is C71H78N24O10S3. The van der Waals surface area contributed by atoms with Gasteiger partial charge < -0.3 is 53.7 Å². The van der Waals surface area contributed by atoms with Crippen molar-refractivity contribution >= 4 is 123 Å². The van der Waals surface area contributed by atoms with Crippen molar-refractivity contribution in [3.05, 3.63) is 153 Å². The van der Waals surface area contributed by atoms with Crippen LogP contribution in [0.15, 0.2) is 116 Å². The molecule has 0 radical (unpaired) electrons. The second-order valence-electron chi connectivity index (χ2n) is 24.5. The van der Waals surface area contributed by atoms with Crippen LogP contribution in [0, 0.1) is 6.92 Å². The molecular weight excluding hydrogens is 1450 g/mol. The Morgan fingerprint density at radius 1 is 0.454 bits per heavy atom. The number of thiophene rings is 3. The molecule has 3 aliphatic rings. The molecule has 0 atom stereocenters. The molecule has 0 aliphatic carbocycles. The van der Waals surface area contributed by atoms with E-state index in [-0.39, 0.29) is 24.1 Å². The molecule has 7 N–H and O–H groups in total. The van der Waals surface area contributed by atoms with Crippen molar-refractivity contribution in [2.45, 2.75) is 34.0 Å². The number of fused-ring (bicyclic) bond motifs is 3. The molecule has 3 aliphatic heterocycles. The molecule has 15 rings (SSSR count). The standard InChI is InChI=1S/C24H25N7O3S.C23H25N9O3S.C23H24N8O4S.CH4/c1-15-3-5-16(6-4-15)21-27-19-11-18(35-20(19)22(28-21)31-7-9-34-10-8-31)14-30(2)24-25-12-17(13-26-24)23(32)29-33;1-24-18-4-3-14(10-25-18)20-28-17-9-16(36-19(17)21(29-20)32-5-7-35-8-6-32)13-31(2)23-26-11-15(12-27-23)22(33)30-34;1-30(23-25-11-15(12-26-23)22(32)29-33)13-16-9-17-19(36-16)21(31-5-7-35-8-6-31)28-20(27-17)14-3-4-18(34-2)24-10-14;/h3-6,11-13,33H,7-10,14H2,1-2H3,(H,29,32);3-4,9-12,34H,5-8,13H2,1-2H3,(H,24,25)(H,30,33);3-4,9-12,33H,5-8,13H2,1-2H3,(H,29,32);1H4. The lowest BCUT2D eigenvalue weighted by Crippen LogP contribution is -2.36. The van der Waals surface area contributed by atoms with Crippen LogP contribution >= 0.6 is 34.0 Å². The molecule has 0 saturated carbocycles. The van der Waals surface area contributed by atoms with Crippen LogP contribution < -0.4 is 55.9 Å². The van der Waals surface area contributed by atoms with Crippen LogP contribution in [0.5, 0.6) is 5.88 Å². The van der Waals surface area contributed by atoms with Crippen LogP contribution in [0.25, 0.3) is 64.8 Å². The number of anilines is 7. The number of amides is 3. The van der Waals surface area contributed by atoms with Crippen LogP contribution in [-0.2, 0) is 33.8 Å². The number of hydrogen-bond donors (Lipinski definition) is 7. The van der Waals surface area contributed by atoms with E-state index in [1.54, 1.807) is 76.0 Å². The summed E-state index contributed by atoms with van der Waals surface area (Å²) in [6.07, 6.45) is 11.7. The number of rotatable bonds is 20. The number of pyridine rings is 2. The van der Waals surface area contributed by atoms with Crippen LogP contribution in [0.4, 0.5) is 41.1 Å². The Morgan fingerprint density at radius 2 is 0.778 bits per heavy atom. The van der Waals surface area contributed by atoms with Gasteiger partial charge in [-0.05, 0) is 43.3 Å². The van der Waals surface area contributed by atoms with E-state index in [1.165, 1.54) is 42.7 Å². The van der Waals surface area contributed by atoms with E-state index in [4.69, 9.17) is 64.5 Å². The van der Waals surface area contributed by atoms with Gasteiger partial charge in [-0.15, -0.1) is 34.0 Å². The average Bonchev–Trinajstić information content (AvgIpc) is 1.60. The van der Waals surface area contributed by atoms with Crippen molar-refractivity contribution in [1.82, 2.24) is 86.2 Å². The minimum absolute atomic E-state index is 0. The van der Waals surface area contributed by atoms with Gasteiger partial charge in [0.25, 0.3) is 17.7 Å². The van der Waals surface area contributed by atoms with Gasteiger partial charge in [0.1, 0.15) is 5.82 Å². The van der Waals surface area contributed by atoms with E-state index in [2.05, 4.69) is 109 Å². The van der Waals surface area contributed by atoms with Crippen LogP contribution in [0.2, 0.25) is 0 Å². The molecule has 0 spiro atoms. The number of hydroxylamine groups is 3. The Hall–Kier alpha value is -11.6. The summed E-state index contributed by atoms with van der Waals surface area (Å²) >= 11 is 4.92. The number of carbonyl (C=O) groups excluding carboxylic acids is 3. The highest BCUT2D eigenvalue weighted by atomic mass is 32.1. The summed E-state index contributed by atoms with van der Waals surface area (Å²) in [5.41, 5.74) is 11.7. The molecule has 0 unspecified atom stereocenters. The van der Waals surface area contributed by atoms with Gasteiger partial charge in [-0.25, -0.2) is 86.2 Å². The molecule has 1 aromatic carbocycles. The number of aryl methyl sites for hydroxylation is 1. The number of carbonyl (C=O) groups is 3. The van der Waals surface area contributed by atoms with Gasteiger partial charge >= 0.3 is 0 Å². The minimum Gasteiger partial charge on any atom is -0.481 e. The van der Waals surface area contributed by atoms with Crippen molar-refractivity contribution in [2.75, 3.05) is 149 Å². The zero-order chi connectivity index (χ0) is 74.5. The van der Waals surface area contributed by atoms with Crippen molar-refractivity contribution in [2.24, 2.45) is 0 Å². The Bertz CT molecular complexity index is 4840. The highest BCUT2D eigenvalue weighted by Gasteiger charge is 2.26. The van der Waals surface area contributed by atoms with Gasteiger partial charge in [-0.1, -0.05) is 37.3 Å². The predicted octanol–water partition coefficient (Wildman–Crippen LogP) is 8.01. The largest absolute Gasteiger partial charge is 0.481 e. The molecule has 14 heterocycles. The van der Waals surface area contributed by atoms with Gasteiger partial charge in [-0.3, -0.25) is 30.0 Å². The van der Waals surface area contributed by atoms with E-state index in [0.29, 0.717) is 100 Å². The predicted molar refractivity (Wildman–Crippen MR) is 411 cm³/mol. The number of ether oxygens (including phenoxy) is 4. The fourth-order valence-corrected chi connectivity index (χ4v) is 15.0. The fourth-order valence-electron chi connectivity index (χ4n) is 11.5. The quantitative estimate of drug-likeness (QED) is 0.0280. The van der Waals surface area contributed by atoms with Gasteiger partial charge in [0.15, 0.2) is 34.9 Å². The number of methoxy groups -OCH3 is 1. The average molecular weight is 1520 g/mol. The smallest absolute Gasteiger partial charge is 0.277 e. The van der Waals surface area contributed by atoms with Gasteiger partial charge in [0, 0.05) is 154 Å². The Labute approximate surface area is 631 Å². The van der Waals surface area contributed by atoms with Crippen molar-refractivity contribution in [1.29, 1.82) is 0 Å². The van der Waals surface area contributed by atoms with Crippen LogP contribution in [0.3, 0.4) is 0 Å². The zero-order valence-corrected chi connectivity index (χ0v) is 61.4. The number of aromatic nitrogens is 14. The van der Waals surface area contributed by atoms with Crippen molar-refractivity contribution in [3.63, 3.8) is 0 Å². The second kappa shape index (κ2) is 35.2. The van der Waals surface area contributed by atoms with Gasteiger partial charge in [0.05, 0.1) is 114 Å². The number of nitrogens with zero attached hydrogens (tertiary/aromatic N) is 20. The zero-order valence-electron chi connectivity index (χ0n) is 58.9. The number of hydrogen-bond acceptors (Lipinski definition) is 34. The molecule has 34 nitrogen and oxygen atoms in total. The Balaban J connectivity index is 0.000000151. The van der Waals surface area contributed by atoms with E-state index < -0.39 is 17.7 Å². The summed E-state index contributed by atoms with van der Waals surface area (Å²) in [7, 11) is 9.04. The lowest BCUT2D eigenvalue weighted by Gasteiger charge is -2.28. The van der Waals surface area contributed by atoms with Crippen molar-refractivity contribution < 1.29 is 49.0 Å². The monoisotopic (exact) mass is 1520 g/mol. The van der Waals surface area contributed by atoms with Crippen molar-refractivity contribution in [3.8, 4) is 40.0 Å². The number of nitrogens with one attached hydrogen (secondary N) is 4. The molecule has 37 heteroatoms. The first-order valence-electron chi connectivity index (χ1n) is 33.7. The Kier molecular flexibility index (Phi) is 24.8. The van der Waals surface area contributed by atoms with E-state index >= 15 is 0 Å². The third kappa shape index (κ3) is 17.9. The summed E-state index contributed by atoms with van der Waals surface area (Å²) in [4.78, 5) is 114. The lowest BCUT2D eigenvalue weighted by atomic mass is 10.1. The normalized spacial score (nSPS) is 13.5. The molecule has 560 valence electrons. The third-order valence-electron chi connectivity index (χ3n) is 17.1. The van der Waals surface area contributed by atoms with Crippen LogP contribution in [-0.4, -0.2) is 217 Å². The highest BCUT2D eigenvalue weighted by molar-refractivity contribution is 7.20. The SMILES string of the molecule is C.CNc1ccc(-c2nc(N3CCOCC3)c3sc(CN(C)c4ncc(C(=O)NO)cn4)cc3n2)cn1.COc1ccc(-c2nc(N3CCOCC3)c3sc(CN(C)c4ncc(C(=O)NO)cn4)cc3n2)cn1.Cc1ccc(-c2nc(N3CCOCC3)c3sc(CN(C)c4ncc(C(=O)NO)cn4)cc3n2)cc1. The fraction of sp³-hybridized carbons (Fsp3) is 0.310. The molecule has 0 bridgehead atoms. The molecule has 3 saturated heterocycles. The molecule has 11 aromatic heterocycles. The summed E-state index contributed by atoms with van der Waals surface area (Å²) in [6, 6.07) is 22.0. The first kappa shape index (κ1) is 76.1. The maximum atomic E-state index is 11.5. The van der Waals surface area contributed by atoms with E-state index in [9.17, 15) is 14.4 Å². The second-order valence-corrected chi connectivity index (χ2v) is 27.9. The lowest BCUT2D eigenvalue weighted by molar-refractivity contribution is 0.0701. The minimum atomic E-state index is -0.661. The molecule has 108 heavy (non-hydrogen) atoms. The van der Waals surface area contributed by atoms with E-state index in [1.807, 2.05) is 61.1 Å². The number of morpholine rings is 3. The number of benzene rings is 1.